The monoisotopic (exact) mass is 279 g/mol. The Labute approximate surface area is 107 Å². The first-order valence-electron chi connectivity index (χ1n) is 4.79. The molecule has 0 aliphatic carbocycles. The zero-order chi connectivity index (χ0) is 12.9. The van der Waals surface area contributed by atoms with Crippen molar-refractivity contribution in [2.45, 2.75) is 17.5 Å². The van der Waals surface area contributed by atoms with Gasteiger partial charge in [0.1, 0.15) is 0 Å². The van der Waals surface area contributed by atoms with Crippen molar-refractivity contribution in [1.82, 2.24) is 0 Å². The van der Waals surface area contributed by atoms with Crippen LogP contribution in [0.25, 0.3) is 0 Å². The van der Waals surface area contributed by atoms with Crippen LogP contribution in [0.4, 0.5) is 13.2 Å². The summed E-state index contributed by atoms with van der Waals surface area (Å²) in [5, 5.41) is 8.70. The van der Waals surface area contributed by atoms with Crippen molar-refractivity contribution in [3.63, 3.8) is 0 Å². The minimum Gasteiger partial charge on any atom is -0.192 e. The van der Waals surface area contributed by atoms with Crippen molar-refractivity contribution >= 4 is 23.4 Å². The number of nitrogens with zero attached hydrogens (tertiary/aromatic N) is 1. The lowest BCUT2D eigenvalue weighted by Gasteiger charge is -2.09. The standard InChI is InChI=1S/C11H9ClF3NS/c12-4-1-5-17-9-2-3-10(11(13,14)15)8(6-9)7-16/h2-3,6H,1,4-5H2. The van der Waals surface area contributed by atoms with Gasteiger partial charge in [0.2, 0.25) is 0 Å². The summed E-state index contributed by atoms with van der Waals surface area (Å²) in [5.41, 5.74) is -1.23. The topological polar surface area (TPSA) is 23.8 Å². The van der Waals surface area contributed by atoms with Crippen LogP contribution in [-0.4, -0.2) is 11.6 Å². The molecule has 0 unspecified atom stereocenters. The minimum absolute atomic E-state index is 0.339. The van der Waals surface area contributed by atoms with Gasteiger partial charge in [-0.2, -0.15) is 18.4 Å². The van der Waals surface area contributed by atoms with Crippen LogP contribution in [0.15, 0.2) is 23.1 Å². The summed E-state index contributed by atoms with van der Waals surface area (Å²) >= 11 is 6.89. The Bertz CT molecular complexity index is 426. The van der Waals surface area contributed by atoms with Crippen molar-refractivity contribution in [2.75, 3.05) is 11.6 Å². The van der Waals surface area contributed by atoms with Crippen molar-refractivity contribution in [1.29, 1.82) is 5.26 Å². The predicted molar refractivity (Wildman–Crippen MR) is 62.2 cm³/mol. The number of hydrogen-bond donors (Lipinski definition) is 0. The fraction of sp³-hybridized carbons (Fsp3) is 0.364. The second-order valence-electron chi connectivity index (χ2n) is 3.21. The van der Waals surface area contributed by atoms with Gasteiger partial charge in [-0.15, -0.1) is 23.4 Å². The Balaban J connectivity index is 2.90. The van der Waals surface area contributed by atoms with Gasteiger partial charge in [-0.3, -0.25) is 0 Å². The molecular formula is C11H9ClF3NS. The number of nitriles is 1. The normalized spacial score (nSPS) is 11.2. The Hall–Kier alpha value is -0.860. The summed E-state index contributed by atoms with van der Waals surface area (Å²) in [4.78, 5) is 0.652. The van der Waals surface area contributed by atoms with E-state index in [4.69, 9.17) is 16.9 Å². The van der Waals surface area contributed by atoms with Crippen LogP contribution >= 0.6 is 23.4 Å². The number of rotatable bonds is 4. The summed E-state index contributed by atoms with van der Waals surface area (Å²) in [7, 11) is 0. The van der Waals surface area contributed by atoms with Crippen molar-refractivity contribution < 1.29 is 13.2 Å². The molecule has 0 saturated carbocycles. The number of alkyl halides is 4. The van der Waals surface area contributed by atoms with Crippen molar-refractivity contribution in [3.8, 4) is 6.07 Å². The maximum absolute atomic E-state index is 12.5. The molecule has 0 spiro atoms. The first-order valence-corrected chi connectivity index (χ1v) is 6.31. The molecule has 0 saturated heterocycles. The Morgan fingerprint density at radius 1 is 1.35 bits per heavy atom. The SMILES string of the molecule is N#Cc1cc(SCCCCl)ccc1C(F)(F)F. The van der Waals surface area contributed by atoms with Crippen LogP contribution in [0.2, 0.25) is 0 Å². The van der Waals surface area contributed by atoms with E-state index in [1.807, 2.05) is 0 Å². The van der Waals surface area contributed by atoms with Gasteiger partial charge in [0.15, 0.2) is 0 Å². The van der Waals surface area contributed by atoms with Gasteiger partial charge in [-0.1, -0.05) is 0 Å². The highest BCUT2D eigenvalue weighted by molar-refractivity contribution is 7.99. The van der Waals surface area contributed by atoms with Crippen molar-refractivity contribution in [2.24, 2.45) is 0 Å². The molecule has 0 aromatic heterocycles. The molecular weight excluding hydrogens is 271 g/mol. The van der Waals surface area contributed by atoms with E-state index >= 15 is 0 Å². The summed E-state index contributed by atoms with van der Waals surface area (Å²) < 4.78 is 37.5. The molecule has 17 heavy (non-hydrogen) atoms. The summed E-state index contributed by atoms with van der Waals surface area (Å²) in [6.45, 7) is 0. The summed E-state index contributed by atoms with van der Waals surface area (Å²) in [6, 6.07) is 5.16. The average Bonchev–Trinajstić information content (AvgIpc) is 2.28. The van der Waals surface area contributed by atoms with E-state index in [1.54, 1.807) is 6.07 Å². The maximum atomic E-state index is 12.5. The van der Waals surface area contributed by atoms with Gasteiger partial charge in [-0.05, 0) is 30.4 Å². The molecule has 0 bridgehead atoms. The molecule has 92 valence electrons. The lowest BCUT2D eigenvalue weighted by atomic mass is 10.1. The largest absolute Gasteiger partial charge is 0.417 e. The van der Waals surface area contributed by atoms with Gasteiger partial charge < -0.3 is 0 Å². The van der Waals surface area contributed by atoms with E-state index in [0.29, 0.717) is 10.8 Å². The van der Waals surface area contributed by atoms with Crippen LogP contribution in [0, 0.1) is 11.3 Å². The van der Waals surface area contributed by atoms with Crippen molar-refractivity contribution in [3.05, 3.63) is 29.3 Å². The molecule has 1 rings (SSSR count). The predicted octanol–water partition coefficient (Wildman–Crippen LogP) is 4.30. The summed E-state index contributed by atoms with van der Waals surface area (Å²) in [5.74, 6) is 1.23. The molecule has 6 heteroatoms. The third kappa shape index (κ3) is 4.14. The fourth-order valence-electron chi connectivity index (χ4n) is 1.20. The summed E-state index contributed by atoms with van der Waals surface area (Å²) in [6.07, 6.45) is -3.71. The third-order valence-electron chi connectivity index (χ3n) is 1.96. The number of thioether (sulfide) groups is 1. The highest BCUT2D eigenvalue weighted by Crippen LogP contribution is 2.33. The second-order valence-corrected chi connectivity index (χ2v) is 4.75. The minimum atomic E-state index is -4.48. The molecule has 0 amide bonds. The van der Waals surface area contributed by atoms with E-state index in [-0.39, 0.29) is 5.56 Å². The maximum Gasteiger partial charge on any atom is 0.417 e. The number of hydrogen-bond acceptors (Lipinski definition) is 2. The molecule has 0 radical (unpaired) electrons. The van der Waals surface area contributed by atoms with Gasteiger partial charge >= 0.3 is 6.18 Å². The molecule has 0 N–H and O–H groups in total. The molecule has 0 fully saturated rings. The zero-order valence-electron chi connectivity index (χ0n) is 8.72. The molecule has 1 aromatic carbocycles. The van der Waals surface area contributed by atoms with Crippen LogP contribution < -0.4 is 0 Å². The van der Waals surface area contributed by atoms with Crippen LogP contribution in [0.1, 0.15) is 17.5 Å². The quantitative estimate of drug-likeness (QED) is 0.466. The lowest BCUT2D eigenvalue weighted by Crippen LogP contribution is -2.07. The highest BCUT2D eigenvalue weighted by atomic mass is 35.5. The molecule has 0 atom stereocenters. The third-order valence-corrected chi connectivity index (χ3v) is 3.31. The first-order chi connectivity index (χ1) is 7.99. The molecule has 0 heterocycles. The van der Waals surface area contributed by atoms with E-state index < -0.39 is 11.7 Å². The molecule has 1 aromatic rings. The Morgan fingerprint density at radius 3 is 2.59 bits per heavy atom. The van der Waals surface area contributed by atoms with Crippen LogP contribution in [-0.2, 0) is 6.18 Å². The van der Waals surface area contributed by atoms with Crippen LogP contribution in [0.3, 0.4) is 0 Å². The molecule has 1 nitrogen and oxygen atoms in total. The van der Waals surface area contributed by atoms with Gasteiger partial charge in [-0.25, -0.2) is 0 Å². The number of benzene rings is 1. The number of halogens is 4. The lowest BCUT2D eigenvalue weighted by molar-refractivity contribution is -0.137. The van der Waals surface area contributed by atoms with E-state index in [9.17, 15) is 13.2 Å². The zero-order valence-corrected chi connectivity index (χ0v) is 10.3. The fourth-order valence-corrected chi connectivity index (χ4v) is 2.38. The second kappa shape index (κ2) is 6.18. The van der Waals surface area contributed by atoms with E-state index in [2.05, 4.69) is 0 Å². The molecule has 0 aliphatic rings. The van der Waals surface area contributed by atoms with E-state index in [1.165, 1.54) is 23.9 Å². The average molecular weight is 280 g/mol. The van der Waals surface area contributed by atoms with Crippen LogP contribution in [0.5, 0.6) is 0 Å². The highest BCUT2D eigenvalue weighted by Gasteiger charge is 2.33. The Morgan fingerprint density at radius 2 is 2.06 bits per heavy atom. The smallest absolute Gasteiger partial charge is 0.192 e. The van der Waals surface area contributed by atoms with E-state index in [0.717, 1.165) is 18.2 Å². The van der Waals surface area contributed by atoms with Gasteiger partial charge in [0.25, 0.3) is 0 Å². The van der Waals surface area contributed by atoms with Gasteiger partial charge in [0, 0.05) is 10.8 Å². The van der Waals surface area contributed by atoms with Gasteiger partial charge in [0.05, 0.1) is 17.2 Å². The Kier molecular flexibility index (Phi) is 5.16. The molecule has 0 aliphatic heterocycles. The first kappa shape index (κ1) is 14.2.